The second kappa shape index (κ2) is 7.19. The third kappa shape index (κ3) is 4.26. The van der Waals surface area contributed by atoms with Gasteiger partial charge in [0.2, 0.25) is 0 Å². The van der Waals surface area contributed by atoms with Crippen LogP contribution in [0.4, 0.5) is 20.2 Å². The predicted octanol–water partition coefficient (Wildman–Crippen LogP) is 4.47. The van der Waals surface area contributed by atoms with Crippen molar-refractivity contribution in [1.29, 1.82) is 0 Å². The van der Waals surface area contributed by atoms with Crippen molar-refractivity contribution in [2.24, 2.45) is 0 Å². The second-order valence-corrected chi connectivity index (χ2v) is 5.62. The van der Waals surface area contributed by atoms with E-state index in [4.69, 9.17) is 0 Å². The molecule has 0 radical (unpaired) electrons. The largest absolute Gasteiger partial charge is 0.321 e. The van der Waals surface area contributed by atoms with E-state index in [1.54, 1.807) is 19.1 Å². The quantitative estimate of drug-likeness (QED) is 0.496. The van der Waals surface area contributed by atoms with E-state index >= 15 is 0 Å². The smallest absolute Gasteiger partial charge is 0.288 e. The molecule has 2 rings (SSSR count). The van der Waals surface area contributed by atoms with Gasteiger partial charge in [-0.2, -0.15) is 8.78 Å². The number of para-hydroxylation sites is 1. The van der Waals surface area contributed by atoms with Crippen LogP contribution in [-0.2, 0) is 0 Å². The van der Waals surface area contributed by atoms with E-state index in [1.165, 1.54) is 24.3 Å². The van der Waals surface area contributed by atoms with Crippen LogP contribution < -0.4 is 5.32 Å². The Hall–Kier alpha value is -2.48. The van der Waals surface area contributed by atoms with Crippen molar-refractivity contribution in [2.45, 2.75) is 17.6 Å². The van der Waals surface area contributed by atoms with E-state index in [0.717, 1.165) is 6.07 Å². The van der Waals surface area contributed by atoms with Crippen molar-refractivity contribution in [2.75, 3.05) is 5.32 Å². The molecule has 1 N–H and O–H groups in total. The fourth-order valence-corrected chi connectivity index (χ4v) is 2.51. The highest BCUT2D eigenvalue weighted by Crippen LogP contribution is 2.32. The molecule has 2 aromatic carbocycles. The van der Waals surface area contributed by atoms with Crippen LogP contribution in [0.15, 0.2) is 47.4 Å². The maximum Gasteiger partial charge on any atom is 0.288 e. The molecule has 0 unspecified atom stereocenters. The molecule has 0 spiro atoms. The van der Waals surface area contributed by atoms with E-state index < -0.39 is 16.6 Å². The number of carbonyl (C=O) groups is 1. The van der Waals surface area contributed by atoms with Crippen LogP contribution in [0.3, 0.4) is 0 Å². The fourth-order valence-electron chi connectivity index (χ4n) is 1.91. The topological polar surface area (TPSA) is 72.2 Å². The van der Waals surface area contributed by atoms with Crippen molar-refractivity contribution in [3.8, 4) is 0 Å². The molecule has 0 saturated heterocycles. The highest BCUT2D eigenvalue weighted by atomic mass is 32.2. The summed E-state index contributed by atoms with van der Waals surface area (Å²) in [5.41, 5.74) is 0.568. The van der Waals surface area contributed by atoms with Gasteiger partial charge >= 0.3 is 0 Å². The number of thioether (sulfide) groups is 1. The second-order valence-electron chi connectivity index (χ2n) is 4.59. The van der Waals surface area contributed by atoms with Crippen molar-refractivity contribution >= 4 is 29.0 Å². The standard InChI is InChI=1S/C15H12F2N2O3S/c1-9-6-7-10(8-12(9)19(21)22)14(20)18-11-4-2-3-5-13(11)23-15(16)17/h2-8,15H,1H3,(H,18,20). The Morgan fingerprint density at radius 3 is 2.61 bits per heavy atom. The van der Waals surface area contributed by atoms with Crippen molar-refractivity contribution in [3.05, 3.63) is 63.7 Å². The Bertz CT molecular complexity index is 753. The molecule has 120 valence electrons. The molecule has 0 aliphatic rings. The summed E-state index contributed by atoms with van der Waals surface area (Å²) >= 11 is 0.316. The Balaban J connectivity index is 2.26. The average molecular weight is 338 g/mol. The number of rotatable bonds is 5. The van der Waals surface area contributed by atoms with Crippen LogP contribution in [0, 0.1) is 17.0 Å². The number of nitrogens with zero attached hydrogens (tertiary/aromatic N) is 1. The number of nitro benzene ring substituents is 1. The van der Waals surface area contributed by atoms with Gasteiger partial charge in [0, 0.05) is 22.1 Å². The number of halogens is 2. The van der Waals surface area contributed by atoms with Gasteiger partial charge in [-0.1, -0.05) is 30.0 Å². The maximum atomic E-state index is 12.5. The first-order chi connectivity index (χ1) is 10.9. The molecule has 0 aliphatic heterocycles. The van der Waals surface area contributed by atoms with Crippen molar-refractivity contribution < 1.29 is 18.5 Å². The van der Waals surface area contributed by atoms with Crippen LogP contribution in [0.2, 0.25) is 0 Å². The van der Waals surface area contributed by atoms with Crippen LogP contribution in [-0.4, -0.2) is 16.6 Å². The lowest BCUT2D eigenvalue weighted by Gasteiger charge is -2.10. The predicted molar refractivity (Wildman–Crippen MR) is 84.1 cm³/mol. The summed E-state index contributed by atoms with van der Waals surface area (Å²) in [6.45, 7) is 1.56. The minimum Gasteiger partial charge on any atom is -0.321 e. The molecule has 0 aromatic heterocycles. The third-order valence-electron chi connectivity index (χ3n) is 3.02. The average Bonchev–Trinajstić information content (AvgIpc) is 2.48. The number of nitrogens with one attached hydrogen (secondary N) is 1. The van der Waals surface area contributed by atoms with Crippen LogP contribution in [0.1, 0.15) is 15.9 Å². The number of hydrogen-bond donors (Lipinski definition) is 1. The normalized spacial score (nSPS) is 10.6. The SMILES string of the molecule is Cc1ccc(C(=O)Nc2ccccc2SC(F)F)cc1[N+](=O)[O-]. The summed E-state index contributed by atoms with van der Waals surface area (Å²) in [4.78, 5) is 22.8. The van der Waals surface area contributed by atoms with E-state index in [1.807, 2.05) is 0 Å². The van der Waals surface area contributed by atoms with Gasteiger partial charge in [0.05, 0.1) is 10.6 Å². The minimum atomic E-state index is -2.62. The molecular formula is C15H12F2N2O3S. The van der Waals surface area contributed by atoms with E-state index in [2.05, 4.69) is 5.32 Å². The first kappa shape index (κ1) is 16.9. The monoisotopic (exact) mass is 338 g/mol. The van der Waals surface area contributed by atoms with Gasteiger partial charge in [0.1, 0.15) is 0 Å². The molecule has 2 aromatic rings. The number of alkyl halides is 2. The zero-order valence-corrected chi connectivity index (χ0v) is 12.8. The molecule has 0 bridgehead atoms. The van der Waals surface area contributed by atoms with Gasteiger partial charge in [-0.05, 0) is 25.1 Å². The van der Waals surface area contributed by atoms with Gasteiger partial charge in [-0.25, -0.2) is 0 Å². The van der Waals surface area contributed by atoms with E-state index in [-0.39, 0.29) is 21.8 Å². The number of nitro groups is 1. The molecule has 0 heterocycles. The number of hydrogen-bond acceptors (Lipinski definition) is 4. The number of aryl methyl sites for hydroxylation is 1. The Morgan fingerprint density at radius 2 is 1.96 bits per heavy atom. The molecule has 0 fully saturated rings. The first-order valence-corrected chi connectivity index (χ1v) is 7.36. The zero-order chi connectivity index (χ0) is 17.0. The van der Waals surface area contributed by atoms with Crippen LogP contribution in [0.25, 0.3) is 0 Å². The minimum absolute atomic E-state index is 0.0825. The van der Waals surface area contributed by atoms with Crippen LogP contribution >= 0.6 is 11.8 Å². The van der Waals surface area contributed by atoms with E-state index in [0.29, 0.717) is 17.3 Å². The van der Waals surface area contributed by atoms with Gasteiger partial charge < -0.3 is 5.32 Å². The highest BCUT2D eigenvalue weighted by Gasteiger charge is 2.17. The van der Waals surface area contributed by atoms with Crippen molar-refractivity contribution in [3.63, 3.8) is 0 Å². The number of benzene rings is 2. The molecular weight excluding hydrogens is 326 g/mol. The highest BCUT2D eigenvalue weighted by molar-refractivity contribution is 7.99. The van der Waals surface area contributed by atoms with E-state index in [9.17, 15) is 23.7 Å². The molecule has 1 amide bonds. The molecule has 23 heavy (non-hydrogen) atoms. The molecule has 5 nitrogen and oxygen atoms in total. The Morgan fingerprint density at radius 1 is 1.26 bits per heavy atom. The lowest BCUT2D eigenvalue weighted by Crippen LogP contribution is -2.13. The number of anilines is 1. The molecule has 8 heteroatoms. The number of amides is 1. The van der Waals surface area contributed by atoms with Crippen molar-refractivity contribution in [1.82, 2.24) is 0 Å². The lowest BCUT2D eigenvalue weighted by atomic mass is 10.1. The summed E-state index contributed by atoms with van der Waals surface area (Å²) in [5, 5.41) is 13.4. The summed E-state index contributed by atoms with van der Waals surface area (Å²) in [6, 6.07) is 10.2. The summed E-state index contributed by atoms with van der Waals surface area (Å²) in [5.74, 6) is -3.22. The van der Waals surface area contributed by atoms with Gasteiger partial charge in [-0.15, -0.1) is 0 Å². The molecule has 0 saturated carbocycles. The van der Waals surface area contributed by atoms with Gasteiger partial charge in [0.15, 0.2) is 0 Å². The lowest BCUT2D eigenvalue weighted by molar-refractivity contribution is -0.385. The number of carbonyl (C=O) groups excluding carboxylic acids is 1. The van der Waals surface area contributed by atoms with Gasteiger partial charge in [-0.3, -0.25) is 14.9 Å². The summed E-state index contributed by atoms with van der Waals surface area (Å²) in [7, 11) is 0. The summed E-state index contributed by atoms with van der Waals surface area (Å²) < 4.78 is 25.0. The Kier molecular flexibility index (Phi) is 5.28. The molecule has 0 aliphatic carbocycles. The fraction of sp³-hybridized carbons (Fsp3) is 0.133. The maximum absolute atomic E-state index is 12.5. The first-order valence-electron chi connectivity index (χ1n) is 6.48. The molecule has 0 atom stereocenters. The Labute approximate surface area is 134 Å². The van der Waals surface area contributed by atoms with Gasteiger partial charge in [0.25, 0.3) is 17.4 Å². The van der Waals surface area contributed by atoms with Crippen LogP contribution in [0.5, 0.6) is 0 Å². The zero-order valence-electron chi connectivity index (χ0n) is 12.0. The summed E-state index contributed by atoms with van der Waals surface area (Å²) in [6.07, 6.45) is 0. The third-order valence-corrected chi connectivity index (χ3v) is 3.81.